The fourth-order valence-electron chi connectivity index (χ4n) is 4.79. The van der Waals surface area contributed by atoms with Crippen molar-refractivity contribution in [3.63, 3.8) is 0 Å². The zero-order valence-electron chi connectivity index (χ0n) is 9.16. The predicted octanol–water partition coefficient (Wildman–Crippen LogP) is 3.14. The van der Waals surface area contributed by atoms with Gasteiger partial charge in [-0.1, -0.05) is 0 Å². The Morgan fingerprint density at radius 2 is 1.56 bits per heavy atom. The Labute approximate surface area is 109 Å². The molecule has 0 radical (unpaired) electrons. The summed E-state index contributed by atoms with van der Waals surface area (Å²) in [5, 5.41) is 8.33. The van der Waals surface area contributed by atoms with Gasteiger partial charge in [0.05, 0.1) is 0 Å². The van der Waals surface area contributed by atoms with Crippen LogP contribution in [0.25, 0.3) is 0 Å². The Morgan fingerprint density at radius 3 is 2.00 bits per heavy atom. The molecule has 0 spiro atoms. The van der Waals surface area contributed by atoms with Crippen LogP contribution in [0, 0.1) is 21.7 Å². The zero-order valence-corrected chi connectivity index (χ0v) is 11.3. The molecule has 0 N–H and O–H groups in total. The van der Waals surface area contributed by atoms with Gasteiger partial charge in [-0.15, -0.1) is 10.2 Å². The molecular formula is C12H15IN2O. The monoisotopic (exact) mass is 330 g/mol. The standard InChI is InChI=1S/C12H15IN2O/c13-11-15-14-10(16-11)12-4-7-1-8(5-12)3-9(2-7)6-12/h7-9H,1-6H2. The molecule has 16 heavy (non-hydrogen) atoms. The topological polar surface area (TPSA) is 38.9 Å². The fourth-order valence-corrected chi connectivity index (χ4v) is 5.11. The van der Waals surface area contributed by atoms with Gasteiger partial charge in [0, 0.05) is 28.0 Å². The highest BCUT2D eigenvalue weighted by molar-refractivity contribution is 14.1. The molecule has 0 atom stereocenters. The zero-order chi connectivity index (χ0) is 10.8. The number of aromatic nitrogens is 2. The molecule has 4 saturated carbocycles. The Kier molecular flexibility index (Phi) is 1.97. The van der Waals surface area contributed by atoms with E-state index in [1.807, 2.05) is 0 Å². The molecule has 86 valence electrons. The van der Waals surface area contributed by atoms with Crippen molar-refractivity contribution >= 4 is 22.6 Å². The molecule has 0 unspecified atom stereocenters. The first kappa shape index (κ1) is 9.85. The number of hydrogen-bond acceptors (Lipinski definition) is 3. The van der Waals surface area contributed by atoms with Crippen LogP contribution in [-0.4, -0.2) is 10.2 Å². The van der Waals surface area contributed by atoms with Crippen molar-refractivity contribution in [1.82, 2.24) is 10.2 Å². The molecule has 3 nitrogen and oxygen atoms in total. The third-order valence-electron chi connectivity index (χ3n) is 4.89. The quantitative estimate of drug-likeness (QED) is 0.743. The van der Waals surface area contributed by atoms with Gasteiger partial charge in [-0.25, -0.2) is 0 Å². The smallest absolute Gasteiger partial charge is 0.278 e. The maximum atomic E-state index is 5.73. The molecule has 4 aliphatic carbocycles. The van der Waals surface area contributed by atoms with E-state index in [2.05, 4.69) is 32.8 Å². The molecule has 0 aromatic carbocycles. The maximum Gasteiger partial charge on any atom is 0.278 e. The summed E-state index contributed by atoms with van der Waals surface area (Å²) < 4.78 is 6.43. The highest BCUT2D eigenvalue weighted by Crippen LogP contribution is 2.60. The number of hydrogen-bond donors (Lipinski definition) is 0. The van der Waals surface area contributed by atoms with Crippen LogP contribution in [0.5, 0.6) is 0 Å². The largest absolute Gasteiger partial charge is 0.416 e. The van der Waals surface area contributed by atoms with Crippen molar-refractivity contribution in [2.24, 2.45) is 17.8 Å². The minimum absolute atomic E-state index is 0.269. The normalized spacial score (nSPS) is 45.2. The van der Waals surface area contributed by atoms with E-state index in [4.69, 9.17) is 4.42 Å². The summed E-state index contributed by atoms with van der Waals surface area (Å²) in [5.41, 5.74) is 0.269. The van der Waals surface area contributed by atoms with Crippen LogP contribution in [0.1, 0.15) is 44.4 Å². The summed E-state index contributed by atoms with van der Waals surface area (Å²) in [6.07, 6.45) is 8.30. The van der Waals surface area contributed by atoms with Gasteiger partial charge in [0.15, 0.2) is 0 Å². The van der Waals surface area contributed by atoms with E-state index < -0.39 is 0 Å². The fraction of sp³-hybridized carbons (Fsp3) is 0.833. The summed E-state index contributed by atoms with van der Waals surface area (Å²) in [7, 11) is 0. The second kappa shape index (κ2) is 3.21. The summed E-state index contributed by atoms with van der Waals surface area (Å²) in [5.74, 6) is 3.76. The molecule has 5 rings (SSSR count). The van der Waals surface area contributed by atoms with Crippen LogP contribution in [0.2, 0.25) is 0 Å². The number of rotatable bonds is 1. The molecule has 1 heterocycles. The molecule has 4 bridgehead atoms. The van der Waals surface area contributed by atoms with Crippen LogP contribution in [0.15, 0.2) is 4.42 Å². The Hall–Kier alpha value is -0.130. The lowest BCUT2D eigenvalue weighted by molar-refractivity contribution is -0.0182. The predicted molar refractivity (Wildman–Crippen MR) is 66.9 cm³/mol. The highest BCUT2D eigenvalue weighted by atomic mass is 127. The average Bonchev–Trinajstić information content (AvgIpc) is 2.63. The lowest BCUT2D eigenvalue weighted by atomic mass is 9.49. The van der Waals surface area contributed by atoms with Crippen molar-refractivity contribution in [2.75, 3.05) is 0 Å². The average molecular weight is 330 g/mol. The van der Waals surface area contributed by atoms with Crippen LogP contribution >= 0.6 is 22.6 Å². The maximum absolute atomic E-state index is 5.73. The molecule has 4 fully saturated rings. The highest BCUT2D eigenvalue weighted by Gasteiger charge is 2.54. The first-order valence-electron chi connectivity index (χ1n) is 6.23. The van der Waals surface area contributed by atoms with Crippen LogP contribution < -0.4 is 0 Å². The molecule has 4 heteroatoms. The number of nitrogens with zero attached hydrogens (tertiary/aromatic N) is 2. The Morgan fingerprint density at radius 1 is 1.00 bits per heavy atom. The third kappa shape index (κ3) is 1.31. The van der Waals surface area contributed by atoms with Gasteiger partial charge in [-0.3, -0.25) is 0 Å². The molecule has 0 saturated heterocycles. The molecule has 1 aromatic rings. The summed E-state index contributed by atoms with van der Waals surface area (Å²) >= 11 is 2.12. The Balaban J connectivity index is 1.76. The second-order valence-corrected chi connectivity index (χ2v) is 6.98. The molecule has 0 amide bonds. The van der Waals surface area contributed by atoms with Crippen molar-refractivity contribution in [3.8, 4) is 0 Å². The van der Waals surface area contributed by atoms with Gasteiger partial charge in [0.25, 0.3) is 3.90 Å². The van der Waals surface area contributed by atoms with Crippen molar-refractivity contribution in [3.05, 3.63) is 9.79 Å². The van der Waals surface area contributed by atoms with E-state index in [1.165, 1.54) is 38.5 Å². The second-order valence-electron chi connectivity index (χ2n) is 6.06. The molecule has 1 aromatic heterocycles. The summed E-state index contributed by atoms with van der Waals surface area (Å²) in [6.45, 7) is 0. The van der Waals surface area contributed by atoms with Crippen LogP contribution in [0.3, 0.4) is 0 Å². The minimum Gasteiger partial charge on any atom is -0.416 e. The van der Waals surface area contributed by atoms with Crippen LogP contribution in [-0.2, 0) is 5.41 Å². The van der Waals surface area contributed by atoms with Crippen molar-refractivity contribution in [1.29, 1.82) is 0 Å². The van der Waals surface area contributed by atoms with Gasteiger partial charge in [0.1, 0.15) is 0 Å². The van der Waals surface area contributed by atoms with Gasteiger partial charge in [-0.2, -0.15) is 0 Å². The van der Waals surface area contributed by atoms with Gasteiger partial charge >= 0.3 is 0 Å². The molecular weight excluding hydrogens is 315 g/mol. The first-order chi connectivity index (χ1) is 7.73. The molecule has 4 aliphatic rings. The van der Waals surface area contributed by atoms with E-state index in [9.17, 15) is 0 Å². The van der Waals surface area contributed by atoms with E-state index in [1.54, 1.807) is 0 Å². The minimum atomic E-state index is 0.269. The SMILES string of the molecule is Ic1nnc(C23CC4CC(CC(C4)C2)C3)o1. The van der Waals surface area contributed by atoms with Gasteiger partial charge < -0.3 is 4.42 Å². The first-order valence-corrected chi connectivity index (χ1v) is 7.31. The van der Waals surface area contributed by atoms with Crippen molar-refractivity contribution < 1.29 is 4.42 Å². The van der Waals surface area contributed by atoms with E-state index in [0.717, 1.165) is 23.6 Å². The van der Waals surface area contributed by atoms with E-state index in [-0.39, 0.29) is 5.41 Å². The van der Waals surface area contributed by atoms with Gasteiger partial charge in [0.2, 0.25) is 5.89 Å². The Bertz CT molecular complexity index is 393. The summed E-state index contributed by atoms with van der Waals surface area (Å²) in [4.78, 5) is 0. The van der Waals surface area contributed by atoms with E-state index >= 15 is 0 Å². The summed E-state index contributed by atoms with van der Waals surface area (Å²) in [6, 6.07) is 0. The lowest BCUT2D eigenvalue weighted by Crippen LogP contribution is -2.48. The lowest BCUT2D eigenvalue weighted by Gasteiger charge is -2.55. The number of halogens is 1. The van der Waals surface area contributed by atoms with Crippen LogP contribution in [0.4, 0.5) is 0 Å². The third-order valence-corrected chi connectivity index (χ3v) is 5.33. The van der Waals surface area contributed by atoms with Crippen molar-refractivity contribution in [2.45, 2.75) is 43.9 Å². The van der Waals surface area contributed by atoms with Gasteiger partial charge in [-0.05, 0) is 56.3 Å². The van der Waals surface area contributed by atoms with E-state index in [0.29, 0.717) is 3.90 Å². The molecule has 0 aliphatic heterocycles.